The Morgan fingerprint density at radius 2 is 1.22 bits per heavy atom. The van der Waals surface area contributed by atoms with Gasteiger partial charge >= 0.3 is 194 Å². The van der Waals surface area contributed by atoms with E-state index >= 15 is 0 Å². The van der Waals surface area contributed by atoms with E-state index in [4.69, 9.17) is 9.98 Å². The normalized spacial score (nSPS) is 18.6. The van der Waals surface area contributed by atoms with Crippen LogP contribution in [-0.4, -0.2) is 48.3 Å². The summed E-state index contributed by atoms with van der Waals surface area (Å²) >= 11 is -1.69. The number of phenolic OH excluding ortho intramolecular Hbond substituents is 2. The van der Waals surface area contributed by atoms with Crippen LogP contribution in [0.5, 0.6) is 11.5 Å². The molecule has 2 unspecified atom stereocenters. The van der Waals surface area contributed by atoms with Crippen molar-refractivity contribution in [2.75, 3.05) is 0 Å². The average Bonchev–Trinajstić information content (AvgIpc) is 2.98. The number of hydrogen-bond acceptors (Lipinski definition) is 4. The topological polar surface area (TPSA) is 65.2 Å². The third kappa shape index (κ3) is 9.68. The van der Waals surface area contributed by atoms with Gasteiger partial charge in [0.15, 0.2) is 0 Å². The van der Waals surface area contributed by atoms with Crippen molar-refractivity contribution < 1.29 is 10.2 Å². The van der Waals surface area contributed by atoms with E-state index < -0.39 is 13.6 Å². The van der Waals surface area contributed by atoms with Crippen molar-refractivity contribution >= 4 is 26.0 Å². The zero-order valence-electron chi connectivity index (χ0n) is 31.1. The monoisotopic (exact) mass is 692 g/mol. The summed E-state index contributed by atoms with van der Waals surface area (Å²) in [7, 11) is 0. The van der Waals surface area contributed by atoms with Crippen LogP contribution >= 0.6 is 0 Å². The van der Waals surface area contributed by atoms with Crippen molar-refractivity contribution in [1.29, 1.82) is 0 Å². The van der Waals surface area contributed by atoms with Crippen molar-refractivity contribution in [2.45, 2.75) is 164 Å². The predicted molar refractivity (Wildman–Crippen MR) is 204 cm³/mol. The molecule has 1 aliphatic rings. The Hall–Kier alpha value is -2.19. The maximum atomic E-state index is 11.5. The number of aliphatic imine (C=N–C) groups is 2. The molecule has 0 bridgehead atoms. The van der Waals surface area contributed by atoms with Gasteiger partial charge in [-0.2, -0.15) is 0 Å². The van der Waals surface area contributed by atoms with Gasteiger partial charge in [-0.1, -0.05) is 47.6 Å². The summed E-state index contributed by atoms with van der Waals surface area (Å²) in [5.74, 6) is 0.704. The fourth-order valence-corrected chi connectivity index (χ4v) is 12.4. The van der Waals surface area contributed by atoms with Crippen molar-refractivity contribution in [3.63, 3.8) is 0 Å². The molecular weight excluding hydrogens is 627 g/mol. The van der Waals surface area contributed by atoms with E-state index in [-0.39, 0.29) is 28.3 Å². The average molecular weight is 693 g/mol. The molecule has 2 N–H and O–H groups in total. The Morgan fingerprint density at radius 3 is 1.65 bits per heavy atom. The SMILES string of the molecule is [CH2+]C[As](CC)(CC)CCCc1cc(C(C)(C)C)cc(C=NC2CCCCC2N=Cc2cc(C(C)(C)C)cc(C(C)(C)C)c2O)c1O. The molecule has 2 aromatic rings. The van der Waals surface area contributed by atoms with Gasteiger partial charge in [0.2, 0.25) is 0 Å². The van der Waals surface area contributed by atoms with Crippen LogP contribution < -0.4 is 0 Å². The van der Waals surface area contributed by atoms with Crippen molar-refractivity contribution in [1.82, 2.24) is 0 Å². The summed E-state index contributed by atoms with van der Waals surface area (Å²) in [6.07, 6.45) is 9.99. The molecule has 4 nitrogen and oxygen atoms in total. The quantitative estimate of drug-likeness (QED) is 0.140. The van der Waals surface area contributed by atoms with Gasteiger partial charge in [-0.25, -0.2) is 0 Å². The Morgan fingerprint density at radius 1 is 0.739 bits per heavy atom. The molecule has 0 aromatic heterocycles. The second kappa shape index (κ2) is 15.4. The van der Waals surface area contributed by atoms with Crippen LogP contribution in [0, 0.1) is 6.92 Å². The zero-order chi connectivity index (χ0) is 34.5. The number of rotatable bonds is 11. The first-order valence-corrected chi connectivity index (χ1v) is 23.1. The van der Waals surface area contributed by atoms with E-state index in [1.807, 2.05) is 12.4 Å². The van der Waals surface area contributed by atoms with E-state index in [0.29, 0.717) is 11.5 Å². The summed E-state index contributed by atoms with van der Waals surface area (Å²) in [4.78, 5) is 10.2. The summed E-state index contributed by atoms with van der Waals surface area (Å²) in [5.41, 5.74) is 5.77. The number of aromatic hydroxyl groups is 2. The summed E-state index contributed by atoms with van der Waals surface area (Å²) in [6, 6.07) is 8.68. The van der Waals surface area contributed by atoms with Crippen LogP contribution in [0.3, 0.4) is 0 Å². The number of hydrogen-bond donors (Lipinski definition) is 2. The maximum absolute atomic E-state index is 11.5. The Balaban J connectivity index is 1.93. The van der Waals surface area contributed by atoms with Gasteiger partial charge < -0.3 is 5.11 Å². The van der Waals surface area contributed by atoms with E-state index in [0.717, 1.165) is 66.0 Å². The van der Waals surface area contributed by atoms with Crippen molar-refractivity contribution in [2.24, 2.45) is 9.98 Å². The van der Waals surface area contributed by atoms with Crippen molar-refractivity contribution in [3.8, 4) is 11.5 Å². The molecule has 0 heterocycles. The molecule has 255 valence electrons. The molecule has 2 atom stereocenters. The van der Waals surface area contributed by atoms with Gasteiger partial charge in [0.25, 0.3) is 0 Å². The molecule has 0 amide bonds. The standard InChI is InChI=1S/C41H64AsN2O2/c1-13-42(14-2,15-3)22-18-19-29-23-32(39(4,5)6)24-30(37(29)45)27-43-35-20-16-17-21-36(35)44-28-31-25-33(40(7,8)9)26-34(38(31)46)41(10,11)12/h23-28,35-36H,1,13-22H2,2-12H3,(H-,43,44,45,46)/p+1. The Kier molecular flexibility index (Phi) is 12.8. The van der Waals surface area contributed by atoms with Gasteiger partial charge in [0, 0.05) is 11.1 Å². The summed E-state index contributed by atoms with van der Waals surface area (Å²) in [5, 5.41) is 27.9. The van der Waals surface area contributed by atoms with Crippen LogP contribution in [-0.2, 0) is 22.7 Å². The molecule has 0 saturated heterocycles. The third-order valence-corrected chi connectivity index (χ3v) is 20.6. The molecule has 0 spiro atoms. The first-order chi connectivity index (χ1) is 21.3. The molecule has 3 rings (SSSR count). The van der Waals surface area contributed by atoms with Crippen LogP contribution in [0.15, 0.2) is 34.3 Å². The Labute approximate surface area is 285 Å². The second-order valence-corrected chi connectivity index (χ2v) is 26.9. The van der Waals surface area contributed by atoms with Gasteiger partial charge in [-0.3, -0.25) is 0 Å². The molecule has 2 aromatic carbocycles. The van der Waals surface area contributed by atoms with E-state index in [2.05, 4.69) is 107 Å². The van der Waals surface area contributed by atoms with E-state index in [9.17, 15) is 10.2 Å². The van der Waals surface area contributed by atoms with Crippen LogP contribution in [0.2, 0.25) is 20.8 Å². The van der Waals surface area contributed by atoms with Gasteiger partial charge in [0.1, 0.15) is 5.75 Å². The van der Waals surface area contributed by atoms with Crippen molar-refractivity contribution in [3.05, 3.63) is 64.6 Å². The molecule has 46 heavy (non-hydrogen) atoms. The van der Waals surface area contributed by atoms with Crippen LogP contribution in [0.4, 0.5) is 0 Å². The second-order valence-electron chi connectivity index (χ2n) is 16.8. The minimum atomic E-state index is -1.69. The van der Waals surface area contributed by atoms with Gasteiger partial charge in [-0.05, 0) is 22.5 Å². The molecule has 1 aliphatic carbocycles. The van der Waals surface area contributed by atoms with E-state index in [1.54, 1.807) is 0 Å². The number of aryl methyl sites for hydroxylation is 1. The number of benzene rings is 2. The molecule has 1 saturated carbocycles. The van der Waals surface area contributed by atoms with Gasteiger partial charge in [0.05, 0.1) is 0 Å². The molecule has 5 heteroatoms. The predicted octanol–water partition coefficient (Wildman–Crippen LogP) is 11.1. The molecule has 0 aliphatic heterocycles. The summed E-state index contributed by atoms with van der Waals surface area (Å²) < 4.78 is 0. The molecular formula is C41H65AsN2O2+. The Bertz CT molecular complexity index is 1360. The number of phenols is 2. The fourth-order valence-electron chi connectivity index (χ4n) is 6.57. The first kappa shape index (κ1) is 38.3. The third-order valence-electron chi connectivity index (χ3n) is 10.3. The minimum absolute atomic E-state index is 0.0288. The van der Waals surface area contributed by atoms with Crippen LogP contribution in [0.25, 0.3) is 0 Å². The summed E-state index contributed by atoms with van der Waals surface area (Å²) in [6.45, 7) is 28.8. The van der Waals surface area contributed by atoms with E-state index in [1.165, 1.54) is 26.8 Å². The first-order valence-electron chi connectivity index (χ1n) is 17.8. The molecule has 1 radical (unpaired) electrons. The molecule has 1 fully saturated rings. The van der Waals surface area contributed by atoms with Crippen LogP contribution in [0.1, 0.15) is 142 Å². The zero-order valence-corrected chi connectivity index (χ0v) is 33.0. The fraction of sp³-hybridized carbons (Fsp3) is 0.634. The van der Waals surface area contributed by atoms with Gasteiger partial charge in [-0.15, -0.1) is 0 Å². The number of nitrogens with zero attached hydrogens (tertiary/aromatic N) is 2.